The highest BCUT2D eigenvalue weighted by molar-refractivity contribution is 6.31. The Bertz CT molecular complexity index is 1240. The monoisotopic (exact) mass is 528 g/mol. The summed E-state index contributed by atoms with van der Waals surface area (Å²) in [6.45, 7) is 5.42. The smallest absolute Gasteiger partial charge is 0.338 e. The molecule has 0 aromatic heterocycles. The summed E-state index contributed by atoms with van der Waals surface area (Å²) in [5, 5.41) is 3.29. The van der Waals surface area contributed by atoms with Crippen molar-refractivity contribution in [3.05, 3.63) is 81.8 Å². The van der Waals surface area contributed by atoms with Gasteiger partial charge in [-0.05, 0) is 37.6 Å². The predicted molar refractivity (Wildman–Crippen MR) is 137 cm³/mol. The van der Waals surface area contributed by atoms with E-state index in [1.807, 2.05) is 6.92 Å². The van der Waals surface area contributed by atoms with Crippen molar-refractivity contribution in [2.24, 2.45) is 0 Å². The number of nitrogens with one attached hydrogen (secondary N) is 1. The molecule has 1 saturated heterocycles. The number of benzene rings is 2. The first-order valence-electron chi connectivity index (χ1n) is 12.2. The standard InChI is InChI=1S/C27H30ClFN4O4/c1-4-37-26(35)23-22(31(3)27(36)30-24(23)18-9-5-7-11-20(18)28)16-32-13-14-33(17(2)15-32)25(34)19-10-6-8-12-21(19)29/h5-12,17,24H,4,13-16H2,1-3H3,(H,30,36)/t17-,24-/m0/s1. The number of nitrogens with zero attached hydrogens (tertiary/aromatic N) is 3. The van der Waals surface area contributed by atoms with Gasteiger partial charge in [-0.1, -0.05) is 41.9 Å². The minimum absolute atomic E-state index is 0.0429. The Balaban J connectivity index is 1.62. The van der Waals surface area contributed by atoms with Gasteiger partial charge in [0.2, 0.25) is 0 Å². The van der Waals surface area contributed by atoms with Crippen LogP contribution in [0.3, 0.4) is 0 Å². The molecule has 0 saturated carbocycles. The molecule has 2 aromatic carbocycles. The molecule has 1 fully saturated rings. The van der Waals surface area contributed by atoms with E-state index < -0.39 is 17.8 Å². The van der Waals surface area contributed by atoms with Crippen molar-refractivity contribution < 1.29 is 23.5 Å². The summed E-state index contributed by atoms with van der Waals surface area (Å²) in [6, 6.07) is 11.6. The molecule has 2 aliphatic rings. The van der Waals surface area contributed by atoms with Crippen molar-refractivity contribution in [1.82, 2.24) is 20.0 Å². The van der Waals surface area contributed by atoms with Gasteiger partial charge >= 0.3 is 12.0 Å². The molecule has 37 heavy (non-hydrogen) atoms. The van der Waals surface area contributed by atoms with Crippen LogP contribution in [0.5, 0.6) is 0 Å². The number of carbonyl (C=O) groups excluding carboxylic acids is 3. The summed E-state index contributed by atoms with van der Waals surface area (Å²) >= 11 is 6.44. The Morgan fingerprint density at radius 1 is 1.14 bits per heavy atom. The summed E-state index contributed by atoms with van der Waals surface area (Å²) in [5.74, 6) is -1.44. The molecule has 0 spiro atoms. The number of rotatable bonds is 6. The molecule has 0 bridgehead atoms. The van der Waals surface area contributed by atoms with Crippen LogP contribution in [0.15, 0.2) is 59.8 Å². The van der Waals surface area contributed by atoms with E-state index in [1.165, 1.54) is 17.0 Å². The molecule has 2 aromatic rings. The van der Waals surface area contributed by atoms with E-state index in [-0.39, 0.29) is 36.7 Å². The molecular formula is C27H30ClFN4O4. The molecule has 0 radical (unpaired) electrons. The van der Waals surface area contributed by atoms with E-state index in [0.29, 0.717) is 41.5 Å². The highest BCUT2D eigenvalue weighted by Gasteiger charge is 2.39. The largest absolute Gasteiger partial charge is 0.463 e. The number of hydrogen-bond donors (Lipinski definition) is 1. The molecule has 0 unspecified atom stereocenters. The second kappa shape index (κ2) is 11.3. The van der Waals surface area contributed by atoms with Crippen molar-refractivity contribution in [2.75, 3.05) is 39.8 Å². The van der Waals surface area contributed by atoms with Crippen molar-refractivity contribution in [2.45, 2.75) is 25.9 Å². The number of halogens is 2. The Morgan fingerprint density at radius 2 is 1.84 bits per heavy atom. The Labute approximate surface area is 220 Å². The quantitative estimate of drug-likeness (QED) is 0.576. The second-order valence-corrected chi connectivity index (χ2v) is 9.51. The lowest BCUT2D eigenvalue weighted by molar-refractivity contribution is -0.139. The van der Waals surface area contributed by atoms with Gasteiger partial charge in [0.15, 0.2) is 0 Å². The molecule has 1 N–H and O–H groups in total. The molecule has 2 aliphatic heterocycles. The average molecular weight is 529 g/mol. The first-order chi connectivity index (χ1) is 17.7. The van der Waals surface area contributed by atoms with Crippen LogP contribution in [0.4, 0.5) is 9.18 Å². The van der Waals surface area contributed by atoms with Crippen LogP contribution < -0.4 is 5.32 Å². The van der Waals surface area contributed by atoms with E-state index in [9.17, 15) is 18.8 Å². The van der Waals surface area contributed by atoms with Gasteiger partial charge in [0.05, 0.1) is 23.8 Å². The number of hydrogen-bond acceptors (Lipinski definition) is 5. The van der Waals surface area contributed by atoms with Crippen molar-refractivity contribution in [1.29, 1.82) is 0 Å². The number of amides is 3. The minimum atomic E-state index is -0.771. The van der Waals surface area contributed by atoms with Crippen molar-refractivity contribution >= 4 is 29.5 Å². The maximum Gasteiger partial charge on any atom is 0.338 e. The first kappa shape index (κ1) is 26.6. The Morgan fingerprint density at radius 3 is 2.51 bits per heavy atom. The van der Waals surface area contributed by atoms with Gasteiger partial charge in [-0.15, -0.1) is 0 Å². The summed E-state index contributed by atoms with van der Waals surface area (Å²) in [5.41, 5.74) is 1.46. The molecule has 2 atom stereocenters. The minimum Gasteiger partial charge on any atom is -0.463 e. The van der Waals surface area contributed by atoms with Gasteiger partial charge in [0.25, 0.3) is 5.91 Å². The fraction of sp³-hybridized carbons (Fsp3) is 0.370. The SMILES string of the molecule is CCOC(=O)C1=C(CN2CCN(C(=O)c3ccccc3F)[C@@H](C)C2)N(C)C(=O)N[C@H]1c1ccccc1Cl. The number of piperazine rings is 1. The van der Waals surface area contributed by atoms with Gasteiger partial charge in [0, 0.05) is 50.0 Å². The zero-order chi connectivity index (χ0) is 26.7. The van der Waals surface area contributed by atoms with E-state index in [0.717, 1.165) is 0 Å². The summed E-state index contributed by atoms with van der Waals surface area (Å²) in [4.78, 5) is 44.3. The third kappa shape index (κ3) is 5.47. The fourth-order valence-corrected chi connectivity index (χ4v) is 5.06. The van der Waals surface area contributed by atoms with Gasteiger partial charge in [-0.2, -0.15) is 0 Å². The Kier molecular flexibility index (Phi) is 8.14. The van der Waals surface area contributed by atoms with Crippen LogP contribution in [0.25, 0.3) is 0 Å². The topological polar surface area (TPSA) is 82.2 Å². The van der Waals surface area contributed by atoms with Gasteiger partial charge in [0.1, 0.15) is 5.82 Å². The van der Waals surface area contributed by atoms with E-state index in [4.69, 9.17) is 16.3 Å². The zero-order valence-electron chi connectivity index (χ0n) is 21.0. The van der Waals surface area contributed by atoms with Crippen LogP contribution >= 0.6 is 11.6 Å². The maximum atomic E-state index is 14.2. The third-order valence-electron chi connectivity index (χ3n) is 6.74. The van der Waals surface area contributed by atoms with Crippen LogP contribution in [0, 0.1) is 5.82 Å². The lowest BCUT2D eigenvalue weighted by Crippen LogP contribution is -2.56. The highest BCUT2D eigenvalue weighted by Crippen LogP contribution is 2.35. The molecule has 0 aliphatic carbocycles. The fourth-order valence-electron chi connectivity index (χ4n) is 4.82. The molecule has 3 amide bonds. The van der Waals surface area contributed by atoms with E-state index in [1.54, 1.807) is 55.3 Å². The zero-order valence-corrected chi connectivity index (χ0v) is 21.8. The van der Waals surface area contributed by atoms with Crippen LogP contribution in [0.1, 0.15) is 35.8 Å². The number of carbonyl (C=O) groups is 3. The van der Waals surface area contributed by atoms with Gasteiger partial charge in [-0.3, -0.25) is 14.6 Å². The lowest BCUT2D eigenvalue weighted by Gasteiger charge is -2.42. The third-order valence-corrected chi connectivity index (χ3v) is 7.08. The normalized spacial score (nSPS) is 20.6. The molecule has 10 heteroatoms. The van der Waals surface area contributed by atoms with Gasteiger partial charge < -0.3 is 15.0 Å². The van der Waals surface area contributed by atoms with E-state index in [2.05, 4.69) is 10.2 Å². The van der Waals surface area contributed by atoms with E-state index >= 15 is 0 Å². The molecule has 8 nitrogen and oxygen atoms in total. The average Bonchev–Trinajstić information content (AvgIpc) is 2.87. The first-order valence-corrected chi connectivity index (χ1v) is 12.6. The summed E-state index contributed by atoms with van der Waals surface area (Å²) < 4.78 is 19.6. The maximum absolute atomic E-state index is 14.2. The Hall–Kier alpha value is -3.43. The molecule has 4 rings (SSSR count). The van der Waals surface area contributed by atoms with Crippen molar-refractivity contribution in [3.8, 4) is 0 Å². The molecule has 196 valence electrons. The van der Waals surface area contributed by atoms with Gasteiger partial charge in [-0.25, -0.2) is 14.0 Å². The number of ether oxygens (including phenoxy) is 1. The highest BCUT2D eigenvalue weighted by atomic mass is 35.5. The van der Waals surface area contributed by atoms with Crippen molar-refractivity contribution in [3.63, 3.8) is 0 Å². The summed E-state index contributed by atoms with van der Waals surface area (Å²) in [7, 11) is 1.61. The lowest BCUT2D eigenvalue weighted by atomic mass is 9.94. The van der Waals surface area contributed by atoms with Crippen LogP contribution in [0.2, 0.25) is 5.02 Å². The number of esters is 1. The van der Waals surface area contributed by atoms with Crippen LogP contribution in [-0.2, 0) is 9.53 Å². The summed E-state index contributed by atoms with van der Waals surface area (Å²) in [6.07, 6.45) is 0. The predicted octanol–water partition coefficient (Wildman–Crippen LogP) is 3.84. The molecular weight excluding hydrogens is 499 g/mol. The number of urea groups is 1. The molecule has 2 heterocycles. The van der Waals surface area contributed by atoms with Crippen LogP contribution in [-0.4, -0.2) is 78.5 Å². The second-order valence-electron chi connectivity index (χ2n) is 9.11. The number of likely N-dealkylation sites (N-methyl/N-ethyl adjacent to an activating group) is 1.